The molecule has 0 saturated carbocycles. The predicted octanol–water partition coefficient (Wildman–Crippen LogP) is 5.83. The molecule has 2 heteroatoms. The van der Waals surface area contributed by atoms with Crippen molar-refractivity contribution in [3.63, 3.8) is 0 Å². The van der Waals surface area contributed by atoms with Gasteiger partial charge in [0.05, 0.1) is 0 Å². The number of aryl methyl sites for hydroxylation is 2. The summed E-state index contributed by atoms with van der Waals surface area (Å²) in [6.07, 6.45) is 1.54. The fourth-order valence-electron chi connectivity index (χ4n) is 2.55. The molecule has 0 atom stereocenters. The van der Waals surface area contributed by atoms with E-state index in [4.69, 9.17) is 5.41 Å². The third-order valence-electron chi connectivity index (χ3n) is 3.73. The molecule has 0 aromatic heterocycles. The van der Waals surface area contributed by atoms with Crippen LogP contribution in [0.2, 0.25) is 0 Å². The highest BCUT2D eigenvalue weighted by Gasteiger charge is 2.08. The van der Waals surface area contributed by atoms with Crippen LogP contribution in [0.25, 0.3) is 11.1 Å². The SMILES string of the molecule is C=C(C)CCC(=N)c1ccc(-c2cc(C)cc(F)c2)c(C)c1. The molecule has 0 unspecified atom stereocenters. The van der Waals surface area contributed by atoms with Gasteiger partial charge in [-0.1, -0.05) is 23.8 Å². The van der Waals surface area contributed by atoms with Crippen molar-refractivity contribution in [1.29, 1.82) is 5.41 Å². The average Bonchev–Trinajstić information content (AvgIpc) is 2.43. The lowest BCUT2D eigenvalue weighted by molar-refractivity contribution is 0.627. The zero-order valence-electron chi connectivity index (χ0n) is 13.5. The highest BCUT2D eigenvalue weighted by atomic mass is 19.1. The lowest BCUT2D eigenvalue weighted by Gasteiger charge is -2.11. The Balaban J connectivity index is 2.30. The first-order valence-electron chi connectivity index (χ1n) is 7.47. The van der Waals surface area contributed by atoms with Gasteiger partial charge in [-0.15, -0.1) is 6.58 Å². The summed E-state index contributed by atoms with van der Waals surface area (Å²) in [6, 6.07) is 11.0. The Bertz CT molecular complexity index is 708. The van der Waals surface area contributed by atoms with Gasteiger partial charge in [0.2, 0.25) is 0 Å². The van der Waals surface area contributed by atoms with Crippen molar-refractivity contribution in [1.82, 2.24) is 0 Å². The lowest BCUT2D eigenvalue weighted by Crippen LogP contribution is -2.00. The number of nitrogens with one attached hydrogen (secondary N) is 1. The third-order valence-corrected chi connectivity index (χ3v) is 3.73. The molecule has 0 aliphatic rings. The molecule has 22 heavy (non-hydrogen) atoms. The van der Waals surface area contributed by atoms with Crippen LogP contribution in [0.15, 0.2) is 48.6 Å². The van der Waals surface area contributed by atoms with Crippen LogP contribution in [0.3, 0.4) is 0 Å². The summed E-state index contributed by atoms with van der Waals surface area (Å²) >= 11 is 0. The van der Waals surface area contributed by atoms with Gasteiger partial charge in [0.25, 0.3) is 0 Å². The molecule has 0 aliphatic heterocycles. The van der Waals surface area contributed by atoms with E-state index in [1.54, 1.807) is 6.07 Å². The van der Waals surface area contributed by atoms with Gasteiger partial charge in [0, 0.05) is 5.71 Å². The maximum absolute atomic E-state index is 13.6. The molecule has 0 spiro atoms. The van der Waals surface area contributed by atoms with E-state index < -0.39 is 0 Å². The summed E-state index contributed by atoms with van der Waals surface area (Å²) in [5, 5.41) is 8.16. The van der Waals surface area contributed by atoms with Crippen LogP contribution < -0.4 is 0 Å². The Morgan fingerprint density at radius 1 is 1.09 bits per heavy atom. The minimum Gasteiger partial charge on any atom is -0.305 e. The third kappa shape index (κ3) is 3.91. The van der Waals surface area contributed by atoms with Gasteiger partial charge in [-0.25, -0.2) is 4.39 Å². The van der Waals surface area contributed by atoms with Crippen molar-refractivity contribution in [2.45, 2.75) is 33.6 Å². The maximum Gasteiger partial charge on any atom is 0.124 e. The Kier molecular flexibility index (Phi) is 4.92. The highest BCUT2D eigenvalue weighted by molar-refractivity contribution is 5.99. The topological polar surface area (TPSA) is 23.9 Å². The monoisotopic (exact) mass is 295 g/mol. The molecule has 2 aromatic rings. The second-order valence-electron chi connectivity index (χ2n) is 5.98. The fourth-order valence-corrected chi connectivity index (χ4v) is 2.55. The fraction of sp³-hybridized carbons (Fsp3) is 0.250. The average molecular weight is 295 g/mol. The first-order valence-corrected chi connectivity index (χ1v) is 7.47. The van der Waals surface area contributed by atoms with Crippen molar-refractivity contribution >= 4 is 5.71 Å². The molecule has 0 bridgehead atoms. The van der Waals surface area contributed by atoms with Gasteiger partial charge in [-0.3, -0.25) is 0 Å². The van der Waals surface area contributed by atoms with E-state index in [1.165, 1.54) is 6.07 Å². The minimum atomic E-state index is -0.215. The van der Waals surface area contributed by atoms with E-state index in [-0.39, 0.29) is 5.82 Å². The molecule has 1 nitrogen and oxygen atoms in total. The molecule has 0 radical (unpaired) electrons. The summed E-state index contributed by atoms with van der Waals surface area (Å²) in [5.74, 6) is -0.215. The number of allylic oxidation sites excluding steroid dienone is 1. The Morgan fingerprint density at radius 3 is 2.41 bits per heavy atom. The number of halogens is 1. The van der Waals surface area contributed by atoms with Gasteiger partial charge in [0.15, 0.2) is 0 Å². The summed E-state index contributed by atoms with van der Waals surface area (Å²) in [5.41, 5.74) is 6.50. The maximum atomic E-state index is 13.6. The van der Waals surface area contributed by atoms with Crippen molar-refractivity contribution in [3.8, 4) is 11.1 Å². The van der Waals surface area contributed by atoms with Gasteiger partial charge in [-0.2, -0.15) is 0 Å². The predicted molar refractivity (Wildman–Crippen MR) is 92.2 cm³/mol. The van der Waals surface area contributed by atoms with E-state index in [0.717, 1.165) is 39.8 Å². The number of benzene rings is 2. The summed E-state index contributed by atoms with van der Waals surface area (Å²) in [4.78, 5) is 0. The van der Waals surface area contributed by atoms with E-state index >= 15 is 0 Å². The molecule has 0 amide bonds. The molecule has 0 heterocycles. The lowest BCUT2D eigenvalue weighted by atomic mass is 9.94. The molecule has 2 aromatic carbocycles. The normalized spacial score (nSPS) is 10.5. The molecule has 114 valence electrons. The van der Waals surface area contributed by atoms with Crippen LogP contribution in [0.4, 0.5) is 4.39 Å². The molecular formula is C20H22FN. The highest BCUT2D eigenvalue weighted by Crippen LogP contribution is 2.26. The van der Waals surface area contributed by atoms with E-state index in [0.29, 0.717) is 12.1 Å². The Labute approximate surface area is 132 Å². The number of rotatable bonds is 5. The van der Waals surface area contributed by atoms with E-state index in [2.05, 4.69) is 6.58 Å². The van der Waals surface area contributed by atoms with Crippen molar-refractivity contribution in [3.05, 3.63) is 71.1 Å². The van der Waals surface area contributed by atoms with Gasteiger partial charge in [-0.05, 0) is 79.6 Å². The second-order valence-corrected chi connectivity index (χ2v) is 5.98. The number of hydrogen-bond acceptors (Lipinski definition) is 1. The minimum absolute atomic E-state index is 0.215. The summed E-state index contributed by atoms with van der Waals surface area (Å²) in [7, 11) is 0. The van der Waals surface area contributed by atoms with Crippen LogP contribution >= 0.6 is 0 Å². The summed E-state index contributed by atoms with van der Waals surface area (Å²) in [6.45, 7) is 9.75. The standard InChI is InChI=1S/C20H22FN/c1-13(2)5-8-20(22)16-6-7-19(15(4)11-16)17-9-14(3)10-18(21)12-17/h6-7,9-12,22H,1,5,8H2,2-4H3. The Morgan fingerprint density at radius 2 is 1.82 bits per heavy atom. The van der Waals surface area contributed by atoms with E-state index in [1.807, 2.05) is 45.0 Å². The zero-order chi connectivity index (χ0) is 16.3. The molecule has 1 N–H and O–H groups in total. The second kappa shape index (κ2) is 6.69. The van der Waals surface area contributed by atoms with Crippen LogP contribution in [-0.2, 0) is 0 Å². The number of hydrogen-bond donors (Lipinski definition) is 1. The first-order chi connectivity index (χ1) is 10.4. The van der Waals surface area contributed by atoms with Crippen LogP contribution in [-0.4, -0.2) is 5.71 Å². The molecular weight excluding hydrogens is 273 g/mol. The molecule has 2 rings (SSSR count). The Hall–Kier alpha value is -2.22. The molecule has 0 fully saturated rings. The van der Waals surface area contributed by atoms with Gasteiger partial charge >= 0.3 is 0 Å². The molecule has 0 saturated heterocycles. The molecule has 0 aliphatic carbocycles. The van der Waals surface area contributed by atoms with Crippen LogP contribution in [0.5, 0.6) is 0 Å². The smallest absolute Gasteiger partial charge is 0.124 e. The summed E-state index contributed by atoms with van der Waals surface area (Å²) < 4.78 is 13.6. The van der Waals surface area contributed by atoms with Gasteiger partial charge in [0.1, 0.15) is 5.82 Å². The largest absolute Gasteiger partial charge is 0.305 e. The zero-order valence-corrected chi connectivity index (χ0v) is 13.5. The van der Waals surface area contributed by atoms with Crippen LogP contribution in [0, 0.1) is 25.1 Å². The quantitative estimate of drug-likeness (QED) is 0.530. The van der Waals surface area contributed by atoms with Crippen molar-refractivity contribution < 1.29 is 4.39 Å². The first kappa shape index (κ1) is 16.2. The van der Waals surface area contributed by atoms with Crippen molar-refractivity contribution in [2.24, 2.45) is 0 Å². The van der Waals surface area contributed by atoms with Crippen LogP contribution in [0.1, 0.15) is 36.5 Å². The van der Waals surface area contributed by atoms with Gasteiger partial charge < -0.3 is 5.41 Å². The van der Waals surface area contributed by atoms with Crippen molar-refractivity contribution in [2.75, 3.05) is 0 Å². The van der Waals surface area contributed by atoms with E-state index in [9.17, 15) is 4.39 Å².